The third-order valence-electron chi connectivity index (χ3n) is 3.41. The smallest absolute Gasteiger partial charge is 0.124 e. The van der Waals surface area contributed by atoms with E-state index in [1.165, 1.54) is 27.9 Å². The molecule has 0 heterocycles. The van der Waals surface area contributed by atoms with Crippen molar-refractivity contribution in [3.8, 4) is 5.75 Å². The molecule has 2 aromatic carbocycles. The molecule has 0 amide bonds. The second-order valence-corrected chi connectivity index (χ2v) is 5.17. The Hall–Kier alpha value is -1.96. The van der Waals surface area contributed by atoms with Crippen LogP contribution in [-0.2, 0) is 6.54 Å². The molecule has 2 rings (SSSR count). The van der Waals surface area contributed by atoms with Gasteiger partial charge in [-0.25, -0.2) is 0 Å². The number of anilines is 1. The van der Waals surface area contributed by atoms with E-state index in [0.29, 0.717) is 6.61 Å². The lowest BCUT2D eigenvalue weighted by Crippen LogP contribution is -2.05. The summed E-state index contributed by atoms with van der Waals surface area (Å²) in [5, 5.41) is 3.54. The molecule has 0 aliphatic carbocycles. The number of hydrogen-bond donors (Lipinski definition) is 1. The van der Waals surface area contributed by atoms with Gasteiger partial charge in [-0.2, -0.15) is 0 Å². The van der Waals surface area contributed by atoms with Gasteiger partial charge in [-0.1, -0.05) is 35.9 Å². The minimum atomic E-state index is 0.694. The van der Waals surface area contributed by atoms with Crippen LogP contribution in [0.5, 0.6) is 5.75 Å². The van der Waals surface area contributed by atoms with E-state index in [4.69, 9.17) is 4.74 Å². The molecule has 0 atom stereocenters. The minimum Gasteiger partial charge on any atom is -0.494 e. The highest BCUT2D eigenvalue weighted by Crippen LogP contribution is 2.24. The third kappa shape index (κ3) is 3.32. The monoisotopic (exact) mass is 269 g/mol. The average Bonchev–Trinajstić information content (AvgIpc) is 2.39. The lowest BCUT2D eigenvalue weighted by atomic mass is 10.0. The molecule has 2 heteroatoms. The predicted molar refractivity (Wildman–Crippen MR) is 85.6 cm³/mol. The zero-order valence-corrected chi connectivity index (χ0v) is 12.8. The van der Waals surface area contributed by atoms with Gasteiger partial charge in [0.2, 0.25) is 0 Å². The standard InChI is InChI=1S/C18H23NO/c1-5-20-17-9-7-6-8-16(17)12-19-18-14(3)10-13(2)11-15(18)4/h6-11,19H,5,12H2,1-4H3. The Morgan fingerprint density at radius 2 is 1.65 bits per heavy atom. The summed E-state index contributed by atoms with van der Waals surface area (Å²) in [6, 6.07) is 12.6. The van der Waals surface area contributed by atoms with E-state index < -0.39 is 0 Å². The van der Waals surface area contributed by atoms with Crippen LogP contribution in [0.25, 0.3) is 0 Å². The van der Waals surface area contributed by atoms with Crippen LogP contribution in [0.2, 0.25) is 0 Å². The molecule has 0 aromatic heterocycles. The summed E-state index contributed by atoms with van der Waals surface area (Å²) in [5.41, 5.74) is 6.30. The van der Waals surface area contributed by atoms with Gasteiger partial charge in [0.25, 0.3) is 0 Å². The van der Waals surface area contributed by atoms with Crippen molar-refractivity contribution in [2.75, 3.05) is 11.9 Å². The second-order valence-electron chi connectivity index (χ2n) is 5.17. The summed E-state index contributed by atoms with van der Waals surface area (Å²) in [7, 11) is 0. The van der Waals surface area contributed by atoms with Crippen molar-refractivity contribution in [2.45, 2.75) is 34.2 Å². The van der Waals surface area contributed by atoms with Gasteiger partial charge < -0.3 is 10.1 Å². The Morgan fingerprint density at radius 3 is 2.30 bits per heavy atom. The van der Waals surface area contributed by atoms with Gasteiger partial charge in [0.05, 0.1) is 6.61 Å². The Morgan fingerprint density at radius 1 is 1.00 bits per heavy atom. The van der Waals surface area contributed by atoms with Crippen LogP contribution in [0.15, 0.2) is 36.4 Å². The zero-order valence-electron chi connectivity index (χ0n) is 12.8. The van der Waals surface area contributed by atoms with Crippen molar-refractivity contribution in [2.24, 2.45) is 0 Å². The van der Waals surface area contributed by atoms with E-state index in [9.17, 15) is 0 Å². The van der Waals surface area contributed by atoms with Crippen molar-refractivity contribution in [1.82, 2.24) is 0 Å². The molecule has 0 bridgehead atoms. The fraction of sp³-hybridized carbons (Fsp3) is 0.333. The van der Waals surface area contributed by atoms with Crippen LogP contribution < -0.4 is 10.1 Å². The molecule has 20 heavy (non-hydrogen) atoms. The Kier molecular flexibility index (Phi) is 4.67. The molecule has 0 aliphatic heterocycles. The normalized spacial score (nSPS) is 10.4. The van der Waals surface area contributed by atoms with Crippen molar-refractivity contribution in [3.63, 3.8) is 0 Å². The second kappa shape index (κ2) is 6.47. The highest BCUT2D eigenvalue weighted by molar-refractivity contribution is 5.58. The molecule has 2 aromatic rings. The number of aryl methyl sites for hydroxylation is 3. The predicted octanol–water partition coefficient (Wildman–Crippen LogP) is 4.62. The molecule has 0 aliphatic rings. The van der Waals surface area contributed by atoms with Gasteiger partial charge in [0.15, 0.2) is 0 Å². The first kappa shape index (κ1) is 14.4. The first-order chi connectivity index (χ1) is 9.61. The quantitative estimate of drug-likeness (QED) is 0.855. The van der Waals surface area contributed by atoms with Crippen LogP contribution in [0.4, 0.5) is 5.69 Å². The first-order valence-electron chi connectivity index (χ1n) is 7.14. The molecular weight excluding hydrogens is 246 g/mol. The van der Waals surface area contributed by atoms with Crippen molar-refractivity contribution < 1.29 is 4.74 Å². The van der Waals surface area contributed by atoms with E-state index in [1.807, 2.05) is 25.1 Å². The number of rotatable bonds is 5. The molecule has 0 unspecified atom stereocenters. The fourth-order valence-electron chi connectivity index (χ4n) is 2.59. The SMILES string of the molecule is CCOc1ccccc1CNc1c(C)cc(C)cc1C. The minimum absolute atomic E-state index is 0.694. The number of para-hydroxylation sites is 1. The topological polar surface area (TPSA) is 21.3 Å². The summed E-state index contributed by atoms with van der Waals surface area (Å²) >= 11 is 0. The lowest BCUT2D eigenvalue weighted by Gasteiger charge is -2.15. The summed E-state index contributed by atoms with van der Waals surface area (Å²) in [6.07, 6.45) is 0. The van der Waals surface area contributed by atoms with Crippen LogP contribution in [-0.4, -0.2) is 6.61 Å². The zero-order chi connectivity index (χ0) is 14.5. The van der Waals surface area contributed by atoms with Gasteiger partial charge >= 0.3 is 0 Å². The summed E-state index contributed by atoms with van der Waals surface area (Å²) in [4.78, 5) is 0. The number of nitrogens with one attached hydrogen (secondary N) is 1. The van der Waals surface area contributed by atoms with Gasteiger partial charge in [-0.05, 0) is 44.9 Å². The molecular formula is C18H23NO. The van der Waals surface area contributed by atoms with Gasteiger partial charge in [0, 0.05) is 17.8 Å². The van der Waals surface area contributed by atoms with Gasteiger partial charge in [-0.15, -0.1) is 0 Å². The number of hydrogen-bond acceptors (Lipinski definition) is 2. The average molecular weight is 269 g/mol. The third-order valence-corrected chi connectivity index (χ3v) is 3.41. The van der Waals surface area contributed by atoms with Crippen LogP contribution in [0.1, 0.15) is 29.2 Å². The van der Waals surface area contributed by atoms with Gasteiger partial charge in [0.1, 0.15) is 5.75 Å². The van der Waals surface area contributed by atoms with E-state index >= 15 is 0 Å². The summed E-state index contributed by atoms with van der Waals surface area (Å²) < 4.78 is 5.67. The highest BCUT2D eigenvalue weighted by atomic mass is 16.5. The number of ether oxygens (including phenoxy) is 1. The van der Waals surface area contributed by atoms with E-state index in [1.54, 1.807) is 0 Å². The first-order valence-corrected chi connectivity index (χ1v) is 7.14. The van der Waals surface area contributed by atoms with Crippen LogP contribution in [0.3, 0.4) is 0 Å². The summed E-state index contributed by atoms with van der Waals surface area (Å²) in [6.45, 7) is 9.92. The maximum Gasteiger partial charge on any atom is 0.124 e. The molecule has 106 valence electrons. The fourth-order valence-corrected chi connectivity index (χ4v) is 2.59. The largest absolute Gasteiger partial charge is 0.494 e. The number of benzene rings is 2. The molecule has 0 radical (unpaired) electrons. The summed E-state index contributed by atoms with van der Waals surface area (Å²) in [5.74, 6) is 0.963. The molecule has 0 spiro atoms. The van der Waals surface area contributed by atoms with E-state index in [0.717, 1.165) is 12.3 Å². The molecule has 0 saturated carbocycles. The van der Waals surface area contributed by atoms with Crippen molar-refractivity contribution in [3.05, 3.63) is 58.7 Å². The molecule has 2 nitrogen and oxygen atoms in total. The van der Waals surface area contributed by atoms with Crippen molar-refractivity contribution >= 4 is 5.69 Å². The van der Waals surface area contributed by atoms with Gasteiger partial charge in [-0.3, -0.25) is 0 Å². The molecule has 0 saturated heterocycles. The lowest BCUT2D eigenvalue weighted by molar-refractivity contribution is 0.337. The highest BCUT2D eigenvalue weighted by Gasteiger charge is 2.06. The molecule has 0 fully saturated rings. The van der Waals surface area contributed by atoms with Crippen LogP contribution in [0, 0.1) is 20.8 Å². The van der Waals surface area contributed by atoms with E-state index in [-0.39, 0.29) is 0 Å². The Labute approximate surface area is 121 Å². The Balaban J connectivity index is 2.17. The van der Waals surface area contributed by atoms with Crippen LogP contribution >= 0.6 is 0 Å². The molecule has 1 N–H and O–H groups in total. The van der Waals surface area contributed by atoms with E-state index in [2.05, 4.69) is 44.3 Å². The maximum atomic E-state index is 5.67. The Bertz CT molecular complexity index is 567. The van der Waals surface area contributed by atoms with Crippen molar-refractivity contribution in [1.29, 1.82) is 0 Å². The maximum absolute atomic E-state index is 5.67.